The highest BCUT2D eigenvalue weighted by Crippen LogP contribution is 2.08. The van der Waals surface area contributed by atoms with Gasteiger partial charge in [0.25, 0.3) is 0 Å². The van der Waals surface area contributed by atoms with Crippen molar-refractivity contribution in [1.82, 2.24) is 0 Å². The molecular formula is C16H25O. The topological polar surface area (TPSA) is 17.1 Å². The summed E-state index contributed by atoms with van der Waals surface area (Å²) < 4.78 is 0. The largest absolute Gasteiger partial charge is 0.286 e. The predicted octanol–water partition coefficient (Wildman–Crippen LogP) is 4.91. The quantitative estimate of drug-likeness (QED) is 0.282. The van der Waals surface area contributed by atoms with E-state index in [0.717, 1.165) is 6.42 Å². The second-order valence-electron chi connectivity index (χ2n) is 4.20. The van der Waals surface area contributed by atoms with Crippen LogP contribution in [0.4, 0.5) is 0 Å². The summed E-state index contributed by atoms with van der Waals surface area (Å²) in [6, 6.07) is 0. The molecule has 0 saturated heterocycles. The minimum absolute atomic E-state index is 1.15. The molecule has 0 aliphatic rings. The van der Waals surface area contributed by atoms with Crippen LogP contribution in [0.15, 0.2) is 36.5 Å². The van der Waals surface area contributed by atoms with Gasteiger partial charge in [-0.25, -0.2) is 0 Å². The van der Waals surface area contributed by atoms with Crippen molar-refractivity contribution in [3.8, 4) is 0 Å². The van der Waals surface area contributed by atoms with E-state index in [-0.39, 0.29) is 0 Å². The smallest absolute Gasteiger partial charge is 0.225 e. The van der Waals surface area contributed by atoms with Crippen molar-refractivity contribution in [2.45, 2.75) is 58.3 Å². The molecule has 0 rings (SSSR count). The third-order valence-corrected chi connectivity index (χ3v) is 2.61. The van der Waals surface area contributed by atoms with Gasteiger partial charge < -0.3 is 0 Å². The number of carbonyl (C=O) groups excluding carboxylic acids is 1. The summed E-state index contributed by atoms with van der Waals surface area (Å²) in [5.41, 5.74) is 0. The third kappa shape index (κ3) is 14.9. The van der Waals surface area contributed by atoms with E-state index in [9.17, 15) is 4.79 Å². The molecule has 0 bridgehead atoms. The van der Waals surface area contributed by atoms with Crippen LogP contribution in [0.5, 0.6) is 0 Å². The van der Waals surface area contributed by atoms with Crippen LogP contribution in [0.2, 0.25) is 0 Å². The van der Waals surface area contributed by atoms with Crippen molar-refractivity contribution in [2.75, 3.05) is 0 Å². The Hall–Kier alpha value is -1.11. The van der Waals surface area contributed by atoms with Crippen molar-refractivity contribution in [3.63, 3.8) is 0 Å². The van der Waals surface area contributed by atoms with Gasteiger partial charge in [-0.3, -0.25) is 4.79 Å². The van der Waals surface area contributed by atoms with Gasteiger partial charge in [-0.05, 0) is 18.9 Å². The Labute approximate surface area is 106 Å². The first-order chi connectivity index (χ1) is 8.41. The molecule has 0 aromatic carbocycles. The summed E-state index contributed by atoms with van der Waals surface area (Å²) in [6.07, 6.45) is 23.4. The highest BCUT2D eigenvalue weighted by Gasteiger charge is 1.88. The number of rotatable bonds is 11. The Balaban J connectivity index is 3.21. The van der Waals surface area contributed by atoms with E-state index < -0.39 is 0 Å². The average molecular weight is 233 g/mol. The van der Waals surface area contributed by atoms with Gasteiger partial charge in [0.05, 0.1) is 0 Å². The molecule has 0 atom stereocenters. The first kappa shape index (κ1) is 15.9. The van der Waals surface area contributed by atoms with E-state index in [4.69, 9.17) is 0 Å². The molecule has 0 amide bonds. The molecule has 0 saturated carbocycles. The van der Waals surface area contributed by atoms with Crippen molar-refractivity contribution in [2.24, 2.45) is 0 Å². The second kappa shape index (κ2) is 14.9. The maximum Gasteiger partial charge on any atom is 0.225 e. The molecule has 0 aromatic rings. The lowest BCUT2D eigenvalue weighted by molar-refractivity contribution is 0.564. The molecule has 0 aliphatic heterocycles. The van der Waals surface area contributed by atoms with Gasteiger partial charge in [-0.1, -0.05) is 75.8 Å². The highest BCUT2D eigenvalue weighted by molar-refractivity contribution is 5.66. The molecule has 0 N–H and O–H groups in total. The summed E-state index contributed by atoms with van der Waals surface area (Å²) in [5.74, 6) is 0. The molecule has 0 aromatic heterocycles. The number of hydrogen-bond donors (Lipinski definition) is 0. The van der Waals surface area contributed by atoms with Gasteiger partial charge in [-0.15, -0.1) is 0 Å². The molecule has 0 unspecified atom stereocenters. The van der Waals surface area contributed by atoms with E-state index in [1.807, 2.05) is 18.2 Å². The van der Waals surface area contributed by atoms with Gasteiger partial charge in [0.15, 0.2) is 0 Å². The third-order valence-electron chi connectivity index (χ3n) is 2.61. The zero-order valence-electron chi connectivity index (χ0n) is 11.0. The summed E-state index contributed by atoms with van der Waals surface area (Å²) in [7, 11) is 0. The van der Waals surface area contributed by atoms with Crippen LogP contribution in [0.3, 0.4) is 0 Å². The average Bonchev–Trinajstić information content (AvgIpc) is 2.35. The Kier molecular flexibility index (Phi) is 13.9. The Morgan fingerprint density at radius 3 is 2.18 bits per heavy atom. The van der Waals surface area contributed by atoms with Crippen LogP contribution >= 0.6 is 0 Å². The predicted molar refractivity (Wildman–Crippen MR) is 75.7 cm³/mol. The molecule has 0 spiro atoms. The number of unbranched alkanes of at least 4 members (excludes halogenated alkanes) is 7. The van der Waals surface area contributed by atoms with E-state index in [1.165, 1.54) is 51.0 Å². The molecular weight excluding hydrogens is 208 g/mol. The van der Waals surface area contributed by atoms with Crippen molar-refractivity contribution in [1.29, 1.82) is 0 Å². The molecule has 95 valence electrons. The second-order valence-corrected chi connectivity index (χ2v) is 4.20. The fourth-order valence-electron chi connectivity index (χ4n) is 1.62. The monoisotopic (exact) mass is 233 g/mol. The highest BCUT2D eigenvalue weighted by atomic mass is 16.1. The molecule has 0 heterocycles. The maximum atomic E-state index is 9.84. The first-order valence-electron chi connectivity index (χ1n) is 6.77. The lowest BCUT2D eigenvalue weighted by Gasteiger charge is -1.98. The lowest BCUT2D eigenvalue weighted by Crippen LogP contribution is -1.78. The lowest BCUT2D eigenvalue weighted by atomic mass is 10.1. The Bertz CT molecular complexity index is 236. The van der Waals surface area contributed by atoms with Gasteiger partial charge in [0, 0.05) is 0 Å². The Morgan fingerprint density at radius 2 is 1.47 bits per heavy atom. The number of allylic oxidation sites excluding steroid dienone is 6. The standard InChI is InChI=1S/C16H25O/c1-2-3-4-5-6-7-8-9-10-11-12-13-14-15-16-17/h10-15H,2-9H2,1H3/b11-10+,13-12+,15-14+. The molecule has 1 heteroatoms. The van der Waals surface area contributed by atoms with Gasteiger partial charge in [-0.2, -0.15) is 0 Å². The maximum absolute atomic E-state index is 9.84. The zero-order valence-corrected chi connectivity index (χ0v) is 11.0. The minimum Gasteiger partial charge on any atom is -0.286 e. The van der Waals surface area contributed by atoms with Crippen LogP contribution in [-0.2, 0) is 4.79 Å². The van der Waals surface area contributed by atoms with Crippen LogP contribution in [0.25, 0.3) is 0 Å². The molecule has 1 nitrogen and oxygen atoms in total. The summed E-state index contributed by atoms with van der Waals surface area (Å²) in [6.45, 7) is 2.25. The molecule has 1 radical (unpaired) electrons. The number of hydrogen-bond acceptors (Lipinski definition) is 1. The summed E-state index contributed by atoms with van der Waals surface area (Å²) in [4.78, 5) is 9.84. The molecule has 0 aliphatic carbocycles. The fraction of sp³-hybridized carbons (Fsp3) is 0.562. The first-order valence-corrected chi connectivity index (χ1v) is 6.77. The van der Waals surface area contributed by atoms with Crippen LogP contribution in [0, 0.1) is 0 Å². The fourth-order valence-corrected chi connectivity index (χ4v) is 1.62. The Morgan fingerprint density at radius 1 is 0.824 bits per heavy atom. The van der Waals surface area contributed by atoms with Crippen molar-refractivity contribution >= 4 is 6.29 Å². The van der Waals surface area contributed by atoms with E-state index in [1.54, 1.807) is 12.4 Å². The van der Waals surface area contributed by atoms with Crippen LogP contribution in [-0.4, -0.2) is 6.29 Å². The van der Waals surface area contributed by atoms with Crippen LogP contribution < -0.4 is 0 Å². The van der Waals surface area contributed by atoms with Gasteiger partial charge in [0.1, 0.15) is 0 Å². The summed E-state index contributed by atoms with van der Waals surface area (Å²) in [5, 5.41) is 0. The normalized spacial score (nSPS) is 12.1. The van der Waals surface area contributed by atoms with E-state index >= 15 is 0 Å². The summed E-state index contributed by atoms with van der Waals surface area (Å²) >= 11 is 0. The molecule has 17 heavy (non-hydrogen) atoms. The van der Waals surface area contributed by atoms with Crippen molar-refractivity contribution < 1.29 is 4.79 Å². The van der Waals surface area contributed by atoms with E-state index in [0.29, 0.717) is 0 Å². The van der Waals surface area contributed by atoms with Gasteiger partial charge >= 0.3 is 0 Å². The van der Waals surface area contributed by atoms with E-state index in [2.05, 4.69) is 13.0 Å². The van der Waals surface area contributed by atoms with Crippen LogP contribution in [0.1, 0.15) is 58.3 Å². The molecule has 0 fully saturated rings. The SMILES string of the molecule is CCCCCCCCC/C=C/C=C/C=C/[C]=O. The van der Waals surface area contributed by atoms with Crippen molar-refractivity contribution in [3.05, 3.63) is 36.5 Å². The zero-order chi connectivity index (χ0) is 12.6. The van der Waals surface area contributed by atoms with Gasteiger partial charge in [0.2, 0.25) is 6.29 Å². The minimum atomic E-state index is 1.15.